The van der Waals surface area contributed by atoms with E-state index in [1.54, 1.807) is 22.8 Å². The van der Waals surface area contributed by atoms with Gasteiger partial charge in [0.1, 0.15) is 0 Å². The van der Waals surface area contributed by atoms with Gasteiger partial charge in [-0.2, -0.15) is 0 Å². The first-order chi connectivity index (χ1) is 20.9. The Hall–Kier alpha value is -4.41. The standard InChI is InChI=1S/C33H40N6O4/c1-24(34-26-11-5-3-6-12-26)25-10-9-13-27(22-25)35-32(41)36-28-14-15-30-29(23-28)31(40)39(20-21-43-2)33(42)38(30)19-18-37-16-7-4-8-17-37/h3,5-6,9-15,22-24,34H,4,7-8,16-21H2,1-2H3,(H2,35,36,41). The molecule has 0 spiro atoms. The van der Waals surface area contributed by atoms with Crippen LogP contribution in [0.2, 0.25) is 0 Å². The Labute approximate surface area is 251 Å². The van der Waals surface area contributed by atoms with Crippen molar-refractivity contribution in [1.82, 2.24) is 14.0 Å². The number of carbonyl (C=O) groups excluding carboxylic acids is 1. The minimum Gasteiger partial charge on any atom is -0.383 e. The van der Waals surface area contributed by atoms with Crippen LogP contribution in [-0.2, 0) is 17.8 Å². The van der Waals surface area contributed by atoms with Crippen molar-refractivity contribution in [3.8, 4) is 0 Å². The number of anilines is 3. The predicted octanol–water partition coefficient (Wildman–Crippen LogP) is 5.11. The number of likely N-dealkylation sites (tertiary alicyclic amines) is 1. The first-order valence-electron chi connectivity index (χ1n) is 14.9. The van der Waals surface area contributed by atoms with E-state index in [0.717, 1.165) is 43.7 Å². The number of nitrogens with one attached hydrogen (secondary N) is 3. The summed E-state index contributed by atoms with van der Waals surface area (Å²) in [5.74, 6) is 0. The topological polar surface area (TPSA) is 110 Å². The van der Waals surface area contributed by atoms with Crippen LogP contribution in [-0.4, -0.2) is 53.4 Å². The largest absolute Gasteiger partial charge is 0.383 e. The molecule has 0 bridgehead atoms. The second-order valence-corrected chi connectivity index (χ2v) is 11.0. The number of hydrogen-bond donors (Lipinski definition) is 3. The van der Waals surface area contributed by atoms with Gasteiger partial charge in [0.05, 0.1) is 24.1 Å². The summed E-state index contributed by atoms with van der Waals surface area (Å²) in [5.41, 5.74) is 2.94. The van der Waals surface area contributed by atoms with Gasteiger partial charge in [-0.05, 0) is 80.9 Å². The first kappa shape index (κ1) is 30.1. The third-order valence-electron chi connectivity index (χ3n) is 7.89. The molecule has 1 saturated heterocycles. The van der Waals surface area contributed by atoms with Crippen LogP contribution in [0.5, 0.6) is 0 Å². The third kappa shape index (κ3) is 7.52. The van der Waals surface area contributed by atoms with Crippen molar-refractivity contribution < 1.29 is 9.53 Å². The molecular weight excluding hydrogens is 544 g/mol. The number of methoxy groups -OCH3 is 1. The molecule has 3 aromatic carbocycles. The van der Waals surface area contributed by atoms with Crippen LogP contribution in [0, 0.1) is 0 Å². The van der Waals surface area contributed by atoms with Crippen molar-refractivity contribution in [1.29, 1.82) is 0 Å². The second kappa shape index (κ2) is 14.2. The van der Waals surface area contributed by atoms with Crippen LogP contribution in [0.15, 0.2) is 82.4 Å². The monoisotopic (exact) mass is 584 g/mol. The number of amides is 2. The van der Waals surface area contributed by atoms with Crippen molar-refractivity contribution >= 4 is 34.0 Å². The Morgan fingerprint density at radius 3 is 2.28 bits per heavy atom. The van der Waals surface area contributed by atoms with Crippen molar-refractivity contribution in [3.63, 3.8) is 0 Å². The van der Waals surface area contributed by atoms with Crippen LogP contribution in [0.4, 0.5) is 21.9 Å². The molecule has 2 amide bonds. The lowest BCUT2D eigenvalue weighted by molar-refractivity contribution is 0.183. The maximum atomic E-state index is 13.4. The molecule has 5 rings (SSSR count). The van der Waals surface area contributed by atoms with E-state index in [2.05, 4.69) is 27.8 Å². The van der Waals surface area contributed by atoms with Crippen LogP contribution in [0.25, 0.3) is 10.9 Å². The van der Waals surface area contributed by atoms with Gasteiger partial charge in [-0.15, -0.1) is 0 Å². The summed E-state index contributed by atoms with van der Waals surface area (Å²) in [4.78, 5) is 42.2. The molecule has 2 heterocycles. The van der Waals surface area contributed by atoms with Gasteiger partial charge in [0.15, 0.2) is 0 Å². The maximum absolute atomic E-state index is 13.4. The number of aromatic nitrogens is 2. The number of carbonyl (C=O) groups is 1. The molecule has 1 aromatic heterocycles. The van der Waals surface area contributed by atoms with E-state index in [-0.39, 0.29) is 24.9 Å². The van der Waals surface area contributed by atoms with Gasteiger partial charge >= 0.3 is 11.7 Å². The van der Waals surface area contributed by atoms with Gasteiger partial charge in [-0.1, -0.05) is 36.8 Å². The Morgan fingerprint density at radius 2 is 1.53 bits per heavy atom. The lowest BCUT2D eigenvalue weighted by atomic mass is 10.1. The zero-order chi connectivity index (χ0) is 30.2. The van der Waals surface area contributed by atoms with Gasteiger partial charge < -0.3 is 25.6 Å². The molecule has 0 aliphatic carbocycles. The zero-order valence-corrected chi connectivity index (χ0v) is 24.8. The van der Waals surface area contributed by atoms with Gasteiger partial charge in [0.25, 0.3) is 5.56 Å². The summed E-state index contributed by atoms with van der Waals surface area (Å²) < 4.78 is 8.06. The van der Waals surface area contributed by atoms with Crippen LogP contribution in [0.3, 0.4) is 0 Å². The highest BCUT2D eigenvalue weighted by Crippen LogP contribution is 2.22. The summed E-state index contributed by atoms with van der Waals surface area (Å²) in [6.45, 7) is 5.70. The fourth-order valence-corrected chi connectivity index (χ4v) is 5.57. The minimum atomic E-state index is -0.432. The van der Waals surface area contributed by atoms with Gasteiger partial charge in [0, 0.05) is 43.3 Å². The lowest BCUT2D eigenvalue weighted by Crippen LogP contribution is -2.43. The normalized spacial score (nSPS) is 14.4. The highest BCUT2D eigenvalue weighted by Gasteiger charge is 2.17. The van der Waals surface area contributed by atoms with Crippen molar-refractivity contribution in [2.75, 3.05) is 49.3 Å². The van der Waals surface area contributed by atoms with Gasteiger partial charge in [-0.3, -0.25) is 13.9 Å². The Morgan fingerprint density at radius 1 is 0.814 bits per heavy atom. The number of ether oxygens (including phenoxy) is 1. The number of hydrogen-bond acceptors (Lipinski definition) is 6. The van der Waals surface area contributed by atoms with Crippen LogP contribution >= 0.6 is 0 Å². The number of para-hydroxylation sites is 1. The van der Waals surface area contributed by atoms with E-state index < -0.39 is 11.6 Å². The number of benzene rings is 3. The van der Waals surface area contributed by atoms with Crippen molar-refractivity contribution in [3.05, 3.63) is 99.2 Å². The average Bonchev–Trinajstić information content (AvgIpc) is 3.02. The molecule has 4 aromatic rings. The van der Waals surface area contributed by atoms with Gasteiger partial charge in [0.2, 0.25) is 0 Å². The molecule has 10 nitrogen and oxygen atoms in total. The SMILES string of the molecule is COCCn1c(=O)c2cc(NC(=O)Nc3cccc(C(C)Nc4ccccc4)c3)ccc2n(CCN2CCCCC2)c1=O. The molecule has 10 heteroatoms. The average molecular weight is 585 g/mol. The highest BCUT2D eigenvalue weighted by atomic mass is 16.5. The number of rotatable bonds is 11. The smallest absolute Gasteiger partial charge is 0.331 e. The molecule has 0 radical (unpaired) electrons. The zero-order valence-electron chi connectivity index (χ0n) is 24.8. The van der Waals surface area contributed by atoms with E-state index >= 15 is 0 Å². The lowest BCUT2D eigenvalue weighted by Gasteiger charge is -2.27. The Kier molecular flexibility index (Phi) is 9.91. The molecule has 226 valence electrons. The molecule has 43 heavy (non-hydrogen) atoms. The Bertz CT molecular complexity index is 1660. The van der Waals surface area contributed by atoms with Crippen LogP contribution in [0.1, 0.15) is 37.8 Å². The fraction of sp³-hybridized carbons (Fsp3) is 0.364. The Balaban J connectivity index is 1.34. The van der Waals surface area contributed by atoms with Crippen LogP contribution < -0.4 is 27.2 Å². The molecule has 1 atom stereocenters. The molecule has 1 aliphatic rings. The highest BCUT2D eigenvalue weighted by molar-refractivity contribution is 6.01. The number of nitrogens with zero attached hydrogens (tertiary/aromatic N) is 3. The van der Waals surface area contributed by atoms with Crippen molar-refractivity contribution in [2.24, 2.45) is 0 Å². The molecule has 3 N–H and O–H groups in total. The summed E-state index contributed by atoms with van der Waals surface area (Å²) in [5, 5.41) is 9.56. The molecule has 1 aliphatic heterocycles. The van der Waals surface area contributed by atoms with E-state index in [4.69, 9.17) is 4.74 Å². The molecule has 1 fully saturated rings. The molecule has 1 unspecified atom stereocenters. The summed E-state index contributed by atoms with van der Waals surface area (Å²) in [6.07, 6.45) is 3.56. The summed E-state index contributed by atoms with van der Waals surface area (Å²) in [7, 11) is 1.54. The minimum absolute atomic E-state index is 0.0282. The van der Waals surface area contributed by atoms with E-state index in [1.807, 2.05) is 54.6 Å². The second-order valence-electron chi connectivity index (χ2n) is 11.0. The summed E-state index contributed by atoms with van der Waals surface area (Å²) >= 11 is 0. The molecule has 0 saturated carbocycles. The van der Waals surface area contributed by atoms with E-state index in [9.17, 15) is 14.4 Å². The fourth-order valence-electron chi connectivity index (χ4n) is 5.57. The summed E-state index contributed by atoms with van der Waals surface area (Å²) in [6, 6.07) is 22.3. The van der Waals surface area contributed by atoms with E-state index in [0.29, 0.717) is 28.8 Å². The quantitative estimate of drug-likeness (QED) is 0.226. The van der Waals surface area contributed by atoms with Gasteiger partial charge in [-0.25, -0.2) is 9.59 Å². The predicted molar refractivity (Wildman–Crippen MR) is 172 cm³/mol. The maximum Gasteiger partial charge on any atom is 0.331 e. The number of piperidine rings is 1. The first-order valence-corrected chi connectivity index (χ1v) is 14.9. The third-order valence-corrected chi connectivity index (χ3v) is 7.89. The van der Waals surface area contributed by atoms with E-state index in [1.165, 1.54) is 18.1 Å². The molecular formula is C33H40N6O4. The van der Waals surface area contributed by atoms with Crippen molar-refractivity contribution in [2.45, 2.75) is 45.3 Å². The number of fused-ring (bicyclic) bond motifs is 1. The number of urea groups is 1.